The molecule has 0 N–H and O–H groups in total. The maximum atomic E-state index is 7.09. The minimum Gasteiger partial charge on any atom is -0.492 e. The van der Waals surface area contributed by atoms with Crippen molar-refractivity contribution in [2.24, 2.45) is 0 Å². The topological polar surface area (TPSA) is 36.9 Å². The highest BCUT2D eigenvalue weighted by Gasteiger charge is 2.33. The molecule has 8 aromatic carbocycles. The standard InChI is InChI=1S/C80H84O4S16/c1-77(2,3)53-41-54(78(4,5)6)58-43-57(53)81-33-37-89-73-74(98-67(97-73)63-49-29-21-17-25-45(49)61(46-26-18-22-30-50(46)63)65-93-69(85-13)70(86-14)94-65)91-39-35-83-59-44-60(56(80(10,11)12)42-55(59)79(7,8)9)84-36-40-92-76-75(90-38-34-82-58)99-68(100-76)64-51-31-23-19-27-47(51)62(48-28-20-24-32-52(48)64)66-95-71(87-15)72(88-16)96-66/h17-32,41-44H,33-40H2,1-16H3. The van der Waals surface area contributed by atoms with Crippen molar-refractivity contribution in [3.63, 3.8) is 0 Å². The fourth-order valence-electron chi connectivity index (χ4n) is 12.6. The molecule has 0 unspecified atom stereocenters. The van der Waals surface area contributed by atoms with Gasteiger partial charge in [-0.05, 0) is 102 Å². The predicted octanol–water partition coefficient (Wildman–Crippen LogP) is 25.2. The highest BCUT2D eigenvalue weighted by Crippen LogP contribution is 2.62. The Kier molecular flexibility index (Phi) is 24.8. The molecule has 4 bridgehead atoms. The average Bonchev–Trinajstić information content (AvgIpc) is 1.34. The van der Waals surface area contributed by atoms with Crippen LogP contribution in [0.25, 0.3) is 60.0 Å². The first-order chi connectivity index (χ1) is 47.9. The van der Waals surface area contributed by atoms with Gasteiger partial charge < -0.3 is 18.9 Å². The van der Waals surface area contributed by atoms with Crippen LogP contribution in [0.2, 0.25) is 0 Å². The molecule has 0 saturated carbocycles. The van der Waals surface area contributed by atoms with Crippen LogP contribution >= 0.6 is 188 Å². The van der Waals surface area contributed by atoms with Crippen molar-refractivity contribution < 1.29 is 18.9 Å². The molecule has 0 aromatic heterocycles. The van der Waals surface area contributed by atoms with E-state index in [1.54, 1.807) is 0 Å². The molecular formula is C80H84O4S16. The van der Waals surface area contributed by atoms with Gasteiger partial charge >= 0.3 is 0 Å². The number of fused-ring (bicyclic) bond motifs is 8. The lowest BCUT2D eigenvalue weighted by atomic mass is 9.79. The number of benzene rings is 8. The Balaban J connectivity index is 0.871. The molecule has 0 spiro atoms. The Morgan fingerprint density at radius 2 is 0.450 bits per heavy atom. The van der Waals surface area contributed by atoms with Crippen molar-refractivity contribution in [2.45, 2.75) is 105 Å². The second kappa shape index (κ2) is 32.5. The molecule has 100 heavy (non-hydrogen) atoms. The van der Waals surface area contributed by atoms with E-state index in [1.807, 2.05) is 188 Å². The summed E-state index contributed by atoms with van der Waals surface area (Å²) in [5.74, 6) is 6.66. The molecular weight excluding hydrogens is 1540 g/mol. The van der Waals surface area contributed by atoms with E-state index in [0.29, 0.717) is 26.4 Å². The van der Waals surface area contributed by atoms with Crippen LogP contribution in [0, 0.1) is 0 Å². The average molecular weight is 1620 g/mol. The fourth-order valence-corrected chi connectivity index (χ4v) is 34.3. The lowest BCUT2D eigenvalue weighted by Gasteiger charge is -2.29. The normalized spacial score (nSPS) is 17.8. The molecule has 0 aliphatic carbocycles. The number of hydrogen-bond acceptors (Lipinski definition) is 20. The van der Waals surface area contributed by atoms with Crippen molar-refractivity contribution in [1.29, 1.82) is 0 Å². The molecule has 5 aliphatic heterocycles. The third-order valence-corrected chi connectivity index (χ3v) is 38.6. The van der Waals surface area contributed by atoms with Crippen LogP contribution in [0.4, 0.5) is 0 Å². The summed E-state index contributed by atoms with van der Waals surface area (Å²) < 4.78 is 44.5. The van der Waals surface area contributed by atoms with Crippen LogP contribution in [0.15, 0.2) is 155 Å². The lowest BCUT2D eigenvalue weighted by molar-refractivity contribution is 0.313. The second-order valence-electron chi connectivity index (χ2n) is 28.2. The van der Waals surface area contributed by atoms with E-state index < -0.39 is 0 Å². The maximum absolute atomic E-state index is 7.09. The Hall–Kier alpha value is -1.96. The second-order valence-corrected chi connectivity index (χ2v) is 47.2. The van der Waals surface area contributed by atoms with Gasteiger partial charge in [0.1, 0.15) is 23.0 Å². The van der Waals surface area contributed by atoms with Gasteiger partial charge in [-0.15, -0.1) is 94.1 Å². The van der Waals surface area contributed by atoms with Crippen molar-refractivity contribution in [1.82, 2.24) is 0 Å². The van der Waals surface area contributed by atoms with Crippen LogP contribution in [0.3, 0.4) is 0 Å². The Morgan fingerprint density at radius 1 is 0.260 bits per heavy atom. The summed E-state index contributed by atoms with van der Waals surface area (Å²) in [4.78, 5) is 0. The summed E-state index contributed by atoms with van der Waals surface area (Å²) in [6, 6.07) is 45.7. The van der Waals surface area contributed by atoms with Crippen LogP contribution in [0.1, 0.15) is 105 Å². The highest BCUT2D eigenvalue weighted by molar-refractivity contribution is 8.47. The lowest BCUT2D eigenvalue weighted by Crippen LogP contribution is -2.20. The van der Waals surface area contributed by atoms with Crippen LogP contribution < -0.4 is 39.8 Å². The van der Waals surface area contributed by atoms with Crippen molar-refractivity contribution in [3.8, 4) is 23.0 Å². The summed E-state index contributed by atoms with van der Waals surface area (Å²) >= 11 is 30.5. The van der Waals surface area contributed by atoms with Crippen LogP contribution in [-0.2, 0) is 21.7 Å². The number of thioether (sulfide) groups is 16. The summed E-state index contributed by atoms with van der Waals surface area (Å²) in [5.41, 5.74) is 4.08. The summed E-state index contributed by atoms with van der Waals surface area (Å²) in [5, 5.41) is 15.7. The van der Waals surface area contributed by atoms with Crippen molar-refractivity contribution in [2.75, 3.05) is 74.5 Å². The van der Waals surface area contributed by atoms with Gasteiger partial charge in [-0.2, -0.15) is 0 Å². The van der Waals surface area contributed by atoms with Gasteiger partial charge in [0.25, 0.3) is 0 Å². The molecule has 13 rings (SSSR count). The summed E-state index contributed by atoms with van der Waals surface area (Å²) in [7, 11) is 0. The van der Waals surface area contributed by atoms with Gasteiger partial charge in [-0.25, -0.2) is 0 Å². The van der Waals surface area contributed by atoms with Crippen molar-refractivity contribution in [3.05, 3.63) is 198 Å². The van der Waals surface area contributed by atoms with E-state index in [1.165, 1.54) is 137 Å². The fraction of sp³-hybridized carbons (Fsp3) is 0.350. The molecule has 5 aliphatic rings. The molecule has 0 amide bonds. The van der Waals surface area contributed by atoms with Gasteiger partial charge in [0.2, 0.25) is 0 Å². The molecule has 524 valence electrons. The van der Waals surface area contributed by atoms with E-state index in [4.69, 9.17) is 18.9 Å². The Morgan fingerprint density at radius 3 is 0.630 bits per heavy atom. The zero-order valence-electron chi connectivity index (χ0n) is 59.4. The van der Waals surface area contributed by atoms with Crippen molar-refractivity contribution >= 4 is 248 Å². The van der Waals surface area contributed by atoms with Crippen LogP contribution in [-0.4, -0.2) is 74.5 Å². The number of rotatable bonds is 4. The van der Waals surface area contributed by atoms with E-state index in [-0.39, 0.29) is 21.7 Å². The zero-order chi connectivity index (χ0) is 70.4. The quantitative estimate of drug-likeness (QED) is 0.157. The molecule has 0 atom stereocenters. The summed E-state index contributed by atoms with van der Waals surface area (Å²) in [6.45, 7) is 29.8. The molecule has 20 heteroatoms. The van der Waals surface area contributed by atoms with Gasteiger partial charge in [-0.3, -0.25) is 0 Å². The molecule has 5 heterocycles. The van der Waals surface area contributed by atoms with Gasteiger partial charge in [0, 0.05) is 78.3 Å². The Bertz CT molecular complexity index is 4370. The largest absolute Gasteiger partial charge is 0.492 e. The predicted molar refractivity (Wildman–Crippen MR) is 477 cm³/mol. The molecule has 8 aromatic rings. The molecule has 0 saturated heterocycles. The third-order valence-electron chi connectivity index (χ3n) is 17.3. The smallest absolute Gasteiger partial charge is 0.126 e. The number of ether oxygens (including phenoxy) is 4. The van der Waals surface area contributed by atoms with Crippen LogP contribution in [0.5, 0.6) is 23.0 Å². The monoisotopic (exact) mass is 1620 g/mol. The SMILES string of the molecule is CSC1=C(SC)SC(=c2c3ccccc3c(=C3SC4=C(SCCOc5cc(c(C(C)(C)C)cc5C(C)(C)C)OCCSC5=C(SCCOc6cc(c(C(C)(C)C)cc6C(C)(C)C)OCCS4)SC(=c4c6ccccc6c(=C6SC(SC)=C(SC)S6)c6ccccc46)S5)S3)c3ccccc23)S1. The number of hydrogen-bond donors (Lipinski definition) is 0. The Labute approximate surface area is 660 Å². The van der Waals surface area contributed by atoms with E-state index >= 15 is 0 Å². The van der Waals surface area contributed by atoms with E-state index in [0.717, 1.165) is 46.0 Å². The minimum atomic E-state index is -0.175. The maximum Gasteiger partial charge on any atom is 0.126 e. The zero-order valence-corrected chi connectivity index (χ0v) is 72.4. The first-order valence-electron chi connectivity index (χ1n) is 33.3. The first kappa shape index (κ1) is 76.2. The van der Waals surface area contributed by atoms with Gasteiger partial charge in [-0.1, -0.05) is 274 Å². The van der Waals surface area contributed by atoms with E-state index in [2.05, 4.69) is 229 Å². The first-order valence-corrected chi connectivity index (χ1v) is 48.7. The highest BCUT2D eigenvalue weighted by atomic mass is 32.3. The third kappa shape index (κ3) is 16.4. The molecule has 0 fully saturated rings. The minimum absolute atomic E-state index is 0.175. The molecule has 4 nitrogen and oxygen atoms in total. The van der Waals surface area contributed by atoms with Gasteiger partial charge in [0.05, 0.1) is 77.3 Å². The van der Waals surface area contributed by atoms with Gasteiger partial charge in [0.15, 0.2) is 0 Å². The molecule has 0 radical (unpaired) electrons. The van der Waals surface area contributed by atoms with E-state index in [9.17, 15) is 0 Å². The summed E-state index contributed by atoms with van der Waals surface area (Å²) in [6.07, 6.45) is 8.81.